The number of carbonyl (C=O) groups excluding carboxylic acids is 3. The van der Waals surface area contributed by atoms with Crippen molar-refractivity contribution in [3.63, 3.8) is 0 Å². The zero-order chi connectivity index (χ0) is 20.8. The second-order valence-corrected chi connectivity index (χ2v) is 6.95. The number of rotatable bonds is 9. The molecule has 0 aliphatic heterocycles. The number of ketones is 2. The Morgan fingerprint density at radius 3 is 2.46 bits per heavy atom. The Morgan fingerprint density at radius 1 is 1.14 bits per heavy atom. The first-order chi connectivity index (χ1) is 13.2. The Balaban J connectivity index is 1.84. The van der Waals surface area contributed by atoms with E-state index in [0.717, 1.165) is 11.3 Å². The average molecular weight is 385 g/mol. The number of aromatic amines is 1. The van der Waals surface area contributed by atoms with Gasteiger partial charge in [0, 0.05) is 17.7 Å². The second-order valence-electron chi connectivity index (χ2n) is 6.95. The number of H-pyrrole nitrogens is 1. The van der Waals surface area contributed by atoms with E-state index in [1.54, 1.807) is 13.8 Å². The van der Waals surface area contributed by atoms with Crippen molar-refractivity contribution in [1.29, 1.82) is 0 Å². The van der Waals surface area contributed by atoms with Crippen LogP contribution < -0.4 is 4.74 Å². The topological polar surface area (TPSA) is 85.5 Å². The summed E-state index contributed by atoms with van der Waals surface area (Å²) in [7, 11) is 0. The summed E-state index contributed by atoms with van der Waals surface area (Å²) in [6.45, 7) is 8.81. The minimum atomic E-state index is -0.929. The Labute approximate surface area is 165 Å². The number of aryl methyl sites for hydroxylation is 2. The zero-order valence-electron chi connectivity index (χ0n) is 17.0. The molecule has 0 spiro atoms. The number of aromatic nitrogens is 1. The maximum Gasteiger partial charge on any atom is 0.306 e. The maximum absolute atomic E-state index is 12.6. The number of benzene rings is 1. The molecule has 0 fully saturated rings. The monoisotopic (exact) mass is 385 g/mol. The smallest absolute Gasteiger partial charge is 0.306 e. The molecule has 1 unspecified atom stereocenters. The lowest BCUT2D eigenvalue weighted by molar-refractivity contribution is -0.146. The highest BCUT2D eigenvalue weighted by Gasteiger charge is 2.25. The molecule has 0 saturated heterocycles. The van der Waals surface area contributed by atoms with Gasteiger partial charge < -0.3 is 14.5 Å². The third-order valence-corrected chi connectivity index (χ3v) is 4.50. The molecular weight excluding hydrogens is 358 g/mol. The molecule has 1 aromatic carbocycles. The van der Waals surface area contributed by atoms with Crippen LogP contribution in [0.1, 0.15) is 64.4 Å². The van der Waals surface area contributed by atoms with E-state index in [9.17, 15) is 14.4 Å². The van der Waals surface area contributed by atoms with Gasteiger partial charge in [-0.3, -0.25) is 14.4 Å². The molecule has 1 aromatic heterocycles. The maximum atomic E-state index is 12.6. The Bertz CT molecular complexity index is 881. The highest BCUT2D eigenvalue weighted by molar-refractivity contribution is 6.05. The molecule has 0 saturated carbocycles. The van der Waals surface area contributed by atoms with Gasteiger partial charge in [-0.15, -0.1) is 0 Å². The molecule has 6 heteroatoms. The molecule has 6 nitrogen and oxygen atoms in total. The van der Waals surface area contributed by atoms with Crippen molar-refractivity contribution in [2.45, 2.75) is 53.6 Å². The minimum absolute atomic E-state index is 0.108. The molecule has 0 aliphatic carbocycles. The summed E-state index contributed by atoms with van der Waals surface area (Å²) in [4.78, 5) is 39.3. The van der Waals surface area contributed by atoms with E-state index in [4.69, 9.17) is 9.47 Å². The molecule has 2 aromatic rings. The number of hydrogen-bond donors (Lipinski definition) is 1. The Morgan fingerprint density at radius 2 is 1.86 bits per heavy atom. The third kappa shape index (κ3) is 5.31. The van der Waals surface area contributed by atoms with Crippen molar-refractivity contribution in [3.05, 3.63) is 52.3 Å². The fraction of sp³-hybridized carbons (Fsp3) is 0.409. The van der Waals surface area contributed by atoms with E-state index in [1.807, 2.05) is 31.2 Å². The quantitative estimate of drug-likeness (QED) is 0.399. The summed E-state index contributed by atoms with van der Waals surface area (Å²) >= 11 is 0. The lowest BCUT2D eigenvalue weighted by atomic mass is 10.0. The molecule has 1 atom stereocenters. The number of ether oxygens (including phenoxy) is 2. The largest absolute Gasteiger partial charge is 0.494 e. The average Bonchev–Trinajstić information content (AvgIpc) is 2.92. The first-order valence-corrected chi connectivity index (χ1v) is 9.34. The van der Waals surface area contributed by atoms with Crippen LogP contribution in [0.4, 0.5) is 0 Å². The first kappa shape index (κ1) is 21.4. The van der Waals surface area contributed by atoms with Crippen molar-refractivity contribution in [3.8, 4) is 5.75 Å². The van der Waals surface area contributed by atoms with Crippen molar-refractivity contribution in [2.24, 2.45) is 0 Å². The zero-order valence-corrected chi connectivity index (χ0v) is 17.0. The van der Waals surface area contributed by atoms with Crippen LogP contribution in [0.5, 0.6) is 5.75 Å². The van der Waals surface area contributed by atoms with Gasteiger partial charge in [0.15, 0.2) is 11.9 Å². The van der Waals surface area contributed by atoms with E-state index < -0.39 is 12.1 Å². The summed E-state index contributed by atoms with van der Waals surface area (Å²) in [5.41, 5.74) is 3.15. The van der Waals surface area contributed by atoms with Crippen LogP contribution in [0.25, 0.3) is 0 Å². The van der Waals surface area contributed by atoms with Gasteiger partial charge in [0.2, 0.25) is 5.78 Å². The predicted molar refractivity (Wildman–Crippen MR) is 106 cm³/mol. The number of esters is 1. The molecule has 28 heavy (non-hydrogen) atoms. The normalized spacial score (nSPS) is 11.8. The van der Waals surface area contributed by atoms with Crippen LogP contribution in [0, 0.1) is 20.8 Å². The predicted octanol–water partition coefficient (Wildman–Crippen LogP) is 4.12. The van der Waals surface area contributed by atoms with Gasteiger partial charge in [-0.25, -0.2) is 0 Å². The van der Waals surface area contributed by atoms with E-state index in [2.05, 4.69) is 4.98 Å². The van der Waals surface area contributed by atoms with Gasteiger partial charge >= 0.3 is 5.97 Å². The summed E-state index contributed by atoms with van der Waals surface area (Å²) in [5.74, 6) is -0.154. The lowest BCUT2D eigenvalue weighted by Gasteiger charge is -2.12. The van der Waals surface area contributed by atoms with Crippen LogP contribution in [-0.2, 0) is 9.53 Å². The van der Waals surface area contributed by atoms with E-state index in [0.29, 0.717) is 35.5 Å². The van der Waals surface area contributed by atoms with Gasteiger partial charge in [-0.2, -0.15) is 0 Å². The van der Waals surface area contributed by atoms with Crippen LogP contribution in [0.2, 0.25) is 0 Å². The highest BCUT2D eigenvalue weighted by Crippen LogP contribution is 2.20. The lowest BCUT2D eigenvalue weighted by Crippen LogP contribution is -2.25. The van der Waals surface area contributed by atoms with Crippen molar-refractivity contribution in [2.75, 3.05) is 6.61 Å². The molecule has 2 rings (SSSR count). The molecule has 1 N–H and O–H groups in total. The summed E-state index contributed by atoms with van der Waals surface area (Å²) in [6, 6.07) is 7.68. The molecule has 1 heterocycles. The van der Waals surface area contributed by atoms with Gasteiger partial charge in [-0.05, 0) is 64.3 Å². The molecule has 0 aliphatic rings. The first-order valence-electron chi connectivity index (χ1n) is 9.34. The van der Waals surface area contributed by atoms with Gasteiger partial charge in [0.25, 0.3) is 0 Å². The van der Waals surface area contributed by atoms with Gasteiger partial charge in [-0.1, -0.05) is 12.1 Å². The SMILES string of the molecule is CC(=O)c1c(C)[nH]c(C(=O)C(C)OC(=O)CCCOc2cccc(C)c2)c1C. The van der Waals surface area contributed by atoms with Gasteiger partial charge in [0.1, 0.15) is 5.75 Å². The fourth-order valence-corrected chi connectivity index (χ4v) is 3.15. The van der Waals surface area contributed by atoms with Crippen molar-refractivity contribution >= 4 is 17.5 Å². The van der Waals surface area contributed by atoms with Crippen LogP contribution in [-0.4, -0.2) is 35.2 Å². The minimum Gasteiger partial charge on any atom is -0.494 e. The number of carbonyl (C=O) groups is 3. The van der Waals surface area contributed by atoms with Gasteiger partial charge in [0.05, 0.1) is 12.3 Å². The van der Waals surface area contributed by atoms with E-state index in [-0.39, 0.29) is 18.0 Å². The molecular formula is C22H27NO5. The summed E-state index contributed by atoms with van der Waals surface area (Å²) in [6.07, 6.45) is -0.282. The van der Waals surface area contributed by atoms with E-state index in [1.165, 1.54) is 13.8 Å². The third-order valence-electron chi connectivity index (χ3n) is 4.50. The second kappa shape index (κ2) is 9.35. The number of nitrogens with one attached hydrogen (secondary N) is 1. The molecule has 0 amide bonds. The van der Waals surface area contributed by atoms with Crippen LogP contribution in [0.3, 0.4) is 0 Å². The van der Waals surface area contributed by atoms with Crippen LogP contribution >= 0.6 is 0 Å². The standard InChI is InChI=1S/C22H27NO5/c1-13-8-6-9-18(12-13)27-11-7-10-19(25)28-17(5)22(26)21-14(2)20(16(4)24)15(3)23-21/h6,8-9,12,17,23H,7,10-11H2,1-5H3. The van der Waals surface area contributed by atoms with Crippen molar-refractivity contribution in [1.82, 2.24) is 4.98 Å². The summed E-state index contributed by atoms with van der Waals surface area (Å²) in [5, 5.41) is 0. The molecule has 0 radical (unpaired) electrons. The molecule has 0 bridgehead atoms. The Hall–Kier alpha value is -2.89. The number of hydrogen-bond acceptors (Lipinski definition) is 5. The van der Waals surface area contributed by atoms with Crippen LogP contribution in [0.15, 0.2) is 24.3 Å². The summed E-state index contributed by atoms with van der Waals surface area (Å²) < 4.78 is 10.9. The van der Waals surface area contributed by atoms with E-state index >= 15 is 0 Å². The number of Topliss-reactive ketones (excluding diaryl/α,β-unsaturated/α-hetero) is 2. The molecule has 150 valence electrons. The van der Waals surface area contributed by atoms with Crippen molar-refractivity contribution < 1.29 is 23.9 Å². The highest BCUT2D eigenvalue weighted by atomic mass is 16.5. The Kier molecular flexibility index (Phi) is 7.15. The fourth-order valence-electron chi connectivity index (χ4n) is 3.15.